The third-order valence-electron chi connectivity index (χ3n) is 4.41. The predicted molar refractivity (Wildman–Crippen MR) is 77.9 cm³/mol. The lowest BCUT2D eigenvalue weighted by atomic mass is 10.2. The maximum Gasteiger partial charge on any atom is 0.239 e. The average Bonchev–Trinajstić information content (AvgIpc) is 3.24. The zero-order valence-electron chi connectivity index (χ0n) is 12.3. The molecule has 1 saturated carbocycles. The van der Waals surface area contributed by atoms with Gasteiger partial charge in [-0.05, 0) is 45.6 Å². The fourth-order valence-electron chi connectivity index (χ4n) is 3.07. The SMILES string of the molecule is CC(C(=O)N1CCCCCC1)N(CCCN)C1CC1. The smallest absolute Gasteiger partial charge is 0.239 e. The van der Waals surface area contributed by atoms with Crippen LogP contribution in [0.4, 0.5) is 0 Å². The van der Waals surface area contributed by atoms with Crippen molar-refractivity contribution in [1.82, 2.24) is 9.80 Å². The van der Waals surface area contributed by atoms with Gasteiger partial charge in [0.1, 0.15) is 0 Å². The van der Waals surface area contributed by atoms with Gasteiger partial charge in [0.05, 0.1) is 6.04 Å². The summed E-state index contributed by atoms with van der Waals surface area (Å²) in [4.78, 5) is 17.1. The maximum atomic E-state index is 12.6. The molecule has 2 rings (SSSR count). The minimum absolute atomic E-state index is 0.0390. The first-order valence-electron chi connectivity index (χ1n) is 7.98. The number of carbonyl (C=O) groups excluding carboxylic acids is 1. The lowest BCUT2D eigenvalue weighted by Crippen LogP contribution is -2.48. The van der Waals surface area contributed by atoms with Gasteiger partial charge in [0, 0.05) is 25.7 Å². The molecule has 1 saturated heterocycles. The average molecular weight is 267 g/mol. The molecule has 0 aromatic heterocycles. The first-order chi connectivity index (χ1) is 9.24. The van der Waals surface area contributed by atoms with Crippen molar-refractivity contribution in [1.29, 1.82) is 0 Å². The van der Waals surface area contributed by atoms with E-state index in [4.69, 9.17) is 5.73 Å². The van der Waals surface area contributed by atoms with Crippen LogP contribution in [-0.2, 0) is 4.79 Å². The summed E-state index contributed by atoms with van der Waals surface area (Å²) in [6.07, 6.45) is 8.39. The van der Waals surface area contributed by atoms with Crippen molar-refractivity contribution in [3.8, 4) is 0 Å². The van der Waals surface area contributed by atoms with Gasteiger partial charge in [-0.25, -0.2) is 0 Å². The van der Waals surface area contributed by atoms with Gasteiger partial charge in [-0.3, -0.25) is 9.69 Å². The van der Waals surface area contributed by atoms with E-state index in [-0.39, 0.29) is 6.04 Å². The summed E-state index contributed by atoms with van der Waals surface area (Å²) in [5.41, 5.74) is 5.62. The minimum atomic E-state index is 0.0390. The monoisotopic (exact) mass is 267 g/mol. The Hall–Kier alpha value is -0.610. The fourth-order valence-corrected chi connectivity index (χ4v) is 3.07. The van der Waals surface area contributed by atoms with Crippen molar-refractivity contribution < 1.29 is 4.79 Å². The molecule has 1 aliphatic heterocycles. The topological polar surface area (TPSA) is 49.6 Å². The second-order valence-corrected chi connectivity index (χ2v) is 6.03. The Kier molecular flexibility index (Phi) is 5.64. The van der Waals surface area contributed by atoms with E-state index in [9.17, 15) is 4.79 Å². The molecular weight excluding hydrogens is 238 g/mol. The van der Waals surface area contributed by atoms with Crippen LogP contribution >= 0.6 is 0 Å². The van der Waals surface area contributed by atoms with Crippen molar-refractivity contribution in [3.05, 3.63) is 0 Å². The van der Waals surface area contributed by atoms with E-state index in [0.29, 0.717) is 18.5 Å². The highest BCUT2D eigenvalue weighted by Gasteiger charge is 2.35. The molecule has 1 unspecified atom stereocenters. The summed E-state index contributed by atoms with van der Waals surface area (Å²) < 4.78 is 0. The van der Waals surface area contributed by atoms with Crippen LogP contribution in [0.2, 0.25) is 0 Å². The number of hydrogen-bond donors (Lipinski definition) is 1. The molecule has 2 fully saturated rings. The number of rotatable bonds is 6. The van der Waals surface area contributed by atoms with E-state index in [1.807, 2.05) is 0 Å². The fraction of sp³-hybridized carbons (Fsp3) is 0.933. The molecule has 0 aromatic rings. The highest BCUT2D eigenvalue weighted by Crippen LogP contribution is 2.29. The quantitative estimate of drug-likeness (QED) is 0.795. The van der Waals surface area contributed by atoms with E-state index < -0.39 is 0 Å². The summed E-state index contributed by atoms with van der Waals surface area (Å²) in [6.45, 7) is 5.69. The van der Waals surface area contributed by atoms with E-state index in [1.54, 1.807) is 0 Å². The largest absolute Gasteiger partial charge is 0.341 e. The normalized spacial score (nSPS) is 22.4. The van der Waals surface area contributed by atoms with Gasteiger partial charge in [0.15, 0.2) is 0 Å². The Morgan fingerprint density at radius 3 is 2.42 bits per heavy atom. The molecule has 1 atom stereocenters. The van der Waals surface area contributed by atoms with E-state index in [2.05, 4.69) is 16.7 Å². The number of amides is 1. The molecule has 0 bridgehead atoms. The summed E-state index contributed by atoms with van der Waals surface area (Å²) >= 11 is 0. The molecule has 110 valence electrons. The van der Waals surface area contributed by atoms with E-state index in [0.717, 1.165) is 26.1 Å². The molecule has 0 spiro atoms. The molecule has 1 heterocycles. The Morgan fingerprint density at radius 1 is 1.26 bits per heavy atom. The second kappa shape index (κ2) is 7.25. The van der Waals surface area contributed by atoms with Gasteiger partial charge >= 0.3 is 0 Å². The summed E-state index contributed by atoms with van der Waals surface area (Å²) in [5, 5.41) is 0. The van der Waals surface area contributed by atoms with E-state index in [1.165, 1.54) is 38.5 Å². The zero-order valence-corrected chi connectivity index (χ0v) is 12.3. The first-order valence-corrected chi connectivity index (χ1v) is 7.98. The van der Waals surface area contributed by atoms with Crippen molar-refractivity contribution in [2.45, 2.75) is 64.0 Å². The molecule has 1 aliphatic carbocycles. The van der Waals surface area contributed by atoms with Crippen molar-refractivity contribution in [2.75, 3.05) is 26.2 Å². The van der Waals surface area contributed by atoms with Gasteiger partial charge in [0.2, 0.25) is 5.91 Å². The Labute approximate surface area is 117 Å². The Morgan fingerprint density at radius 2 is 1.89 bits per heavy atom. The summed E-state index contributed by atoms with van der Waals surface area (Å²) in [5.74, 6) is 0.339. The van der Waals surface area contributed by atoms with Crippen LogP contribution in [0.1, 0.15) is 51.9 Å². The Balaban J connectivity index is 1.90. The van der Waals surface area contributed by atoms with Gasteiger partial charge in [-0.15, -0.1) is 0 Å². The van der Waals surface area contributed by atoms with Crippen LogP contribution in [0.5, 0.6) is 0 Å². The second-order valence-electron chi connectivity index (χ2n) is 6.03. The molecule has 19 heavy (non-hydrogen) atoms. The van der Waals surface area contributed by atoms with E-state index >= 15 is 0 Å². The molecular formula is C15H29N3O. The summed E-state index contributed by atoms with van der Waals surface area (Å²) in [7, 11) is 0. The first kappa shape index (κ1) is 14.8. The lowest BCUT2D eigenvalue weighted by Gasteiger charge is -2.32. The van der Waals surface area contributed by atoms with Gasteiger partial charge in [-0.2, -0.15) is 0 Å². The third kappa shape index (κ3) is 4.18. The molecule has 1 amide bonds. The lowest BCUT2D eigenvalue weighted by molar-refractivity contribution is -0.136. The third-order valence-corrected chi connectivity index (χ3v) is 4.41. The number of likely N-dealkylation sites (tertiary alicyclic amines) is 1. The maximum absolute atomic E-state index is 12.6. The van der Waals surface area contributed by atoms with Gasteiger partial charge in [0.25, 0.3) is 0 Å². The van der Waals surface area contributed by atoms with Crippen molar-refractivity contribution in [2.24, 2.45) is 5.73 Å². The molecule has 2 N–H and O–H groups in total. The molecule has 4 nitrogen and oxygen atoms in total. The number of nitrogens with two attached hydrogens (primary N) is 1. The molecule has 0 aromatic carbocycles. The molecule has 4 heteroatoms. The molecule has 0 radical (unpaired) electrons. The highest BCUT2D eigenvalue weighted by molar-refractivity contribution is 5.81. The minimum Gasteiger partial charge on any atom is -0.341 e. The number of nitrogens with zero attached hydrogens (tertiary/aromatic N) is 2. The zero-order chi connectivity index (χ0) is 13.7. The van der Waals surface area contributed by atoms with Crippen LogP contribution in [-0.4, -0.2) is 54.0 Å². The van der Waals surface area contributed by atoms with Crippen LogP contribution in [0.15, 0.2) is 0 Å². The Bertz CT molecular complexity index is 283. The van der Waals surface area contributed by atoms with Crippen molar-refractivity contribution >= 4 is 5.91 Å². The molecule has 2 aliphatic rings. The standard InChI is InChI=1S/C15H29N3O/c1-13(18(12-6-9-16)14-7-8-14)15(19)17-10-4-2-3-5-11-17/h13-14H,2-12,16H2,1H3. The van der Waals surface area contributed by atoms with Crippen LogP contribution in [0, 0.1) is 0 Å². The van der Waals surface area contributed by atoms with Crippen LogP contribution in [0.3, 0.4) is 0 Å². The van der Waals surface area contributed by atoms with Crippen LogP contribution in [0.25, 0.3) is 0 Å². The van der Waals surface area contributed by atoms with Gasteiger partial charge < -0.3 is 10.6 Å². The predicted octanol–water partition coefficient (Wildman–Crippen LogP) is 1.59. The number of hydrogen-bond acceptors (Lipinski definition) is 3. The van der Waals surface area contributed by atoms with Crippen molar-refractivity contribution in [3.63, 3.8) is 0 Å². The number of carbonyl (C=O) groups is 1. The van der Waals surface area contributed by atoms with Crippen LogP contribution < -0.4 is 5.73 Å². The summed E-state index contributed by atoms with van der Waals surface area (Å²) in [6, 6.07) is 0.676. The van der Waals surface area contributed by atoms with Gasteiger partial charge in [-0.1, -0.05) is 12.8 Å². The highest BCUT2D eigenvalue weighted by atomic mass is 16.2.